The largest absolute Gasteiger partial charge is 0.133 e. The lowest BCUT2D eigenvalue weighted by atomic mass is 10.4. The van der Waals surface area contributed by atoms with E-state index in [-0.39, 0.29) is 0 Å². The molecule has 0 saturated heterocycles. The second kappa shape index (κ2) is 13.8. The van der Waals surface area contributed by atoms with Gasteiger partial charge in [-0.3, -0.25) is 0 Å². The van der Waals surface area contributed by atoms with Crippen molar-refractivity contribution in [1.82, 2.24) is 0 Å². The van der Waals surface area contributed by atoms with Crippen LogP contribution >= 0.6 is 0 Å². The lowest BCUT2D eigenvalue weighted by Crippen LogP contribution is -2.89. The minimum absolute atomic E-state index is 0.620. The molecule has 0 amide bonds. The highest BCUT2D eigenvalue weighted by atomic mass is 28.5. The Hall–Kier alpha value is -4.33. The van der Waals surface area contributed by atoms with Crippen LogP contribution in [-0.4, -0.2) is 32.3 Å². The number of rotatable bonds is 16. The van der Waals surface area contributed by atoms with Crippen LogP contribution in [0.25, 0.3) is 0 Å². The molecule has 0 radical (unpaired) electrons. The Morgan fingerprint density at radius 1 is 0.289 bits per heavy atom. The Kier molecular flexibility index (Phi) is 10.3. The van der Waals surface area contributed by atoms with Gasteiger partial charge in [-0.25, -0.2) is 0 Å². The summed E-state index contributed by atoms with van der Waals surface area (Å²) in [5, 5.41) is 4.89. The summed E-state index contributed by atoms with van der Waals surface area (Å²) < 4.78 is -0.620. The zero-order valence-corrected chi connectivity index (χ0v) is 30.3. The summed E-state index contributed by atoms with van der Waals surface area (Å²) >= 11 is 0. The summed E-state index contributed by atoms with van der Waals surface area (Å²) in [6.07, 6.45) is 0. The predicted octanol–water partition coefficient (Wildman–Crippen LogP) is 7.57. The zero-order chi connectivity index (χ0) is 32.6. The first-order chi connectivity index (χ1) is 21.9. The Balaban J connectivity index is 2.60. The van der Waals surface area contributed by atoms with Crippen LogP contribution in [-0.2, 0) is 0 Å². The van der Waals surface area contributed by atoms with E-state index < -0.39 is 36.2 Å². The van der Waals surface area contributed by atoms with Crippen LogP contribution < -0.4 is 20.7 Å². The lowest BCUT2D eigenvalue weighted by molar-refractivity contribution is 1.31. The molecule has 224 valence electrons. The van der Waals surface area contributed by atoms with Crippen molar-refractivity contribution in [3.63, 3.8) is 0 Å². The first-order valence-electron chi connectivity index (χ1n) is 15.2. The fourth-order valence-electron chi connectivity index (χ4n) is 8.28. The van der Waals surface area contributed by atoms with Gasteiger partial charge in [0.15, 0.2) is 0 Å². The van der Waals surface area contributed by atoms with E-state index in [0.717, 1.165) is 0 Å². The quantitative estimate of drug-likeness (QED) is 0.110. The monoisotopic (exact) mass is 648 g/mol. The molecule has 0 atom stereocenters. The summed E-state index contributed by atoms with van der Waals surface area (Å²) in [5.74, 6) is 0. The molecule has 0 bridgehead atoms. The maximum Gasteiger partial charge on any atom is 0.133 e. The summed E-state index contributed by atoms with van der Waals surface area (Å²) in [5.41, 5.74) is 18.0. The van der Waals surface area contributed by atoms with E-state index >= 15 is 0 Å². The third-order valence-corrected chi connectivity index (χ3v) is 40.2. The molecule has 4 rings (SSSR count). The van der Waals surface area contributed by atoms with Gasteiger partial charge in [0.2, 0.25) is 0 Å². The van der Waals surface area contributed by atoms with E-state index in [4.69, 9.17) is 52.6 Å². The molecule has 4 aromatic rings. The second-order valence-corrected chi connectivity index (χ2v) is 29.9. The smallest absolute Gasteiger partial charge is 0.106 e. The molecule has 0 fully saturated rings. The van der Waals surface area contributed by atoms with E-state index in [9.17, 15) is 0 Å². The van der Waals surface area contributed by atoms with E-state index in [1.807, 2.05) is 0 Å². The summed E-state index contributed by atoms with van der Waals surface area (Å²) in [7, 11) is -12.8. The van der Waals surface area contributed by atoms with Crippen molar-refractivity contribution in [2.24, 2.45) is 0 Å². The third-order valence-electron chi connectivity index (χ3n) is 10.1. The van der Waals surface area contributed by atoms with Crippen molar-refractivity contribution in [3.8, 4) is 0 Å². The minimum Gasteiger partial charge on any atom is -0.106 e. The lowest BCUT2D eigenvalue weighted by Gasteiger charge is -2.68. The summed E-state index contributed by atoms with van der Waals surface area (Å²) in [6.45, 7) is 37.8. The molecule has 0 aromatic heterocycles. The Bertz CT molecular complexity index is 1400. The van der Waals surface area contributed by atoms with Crippen LogP contribution in [0.15, 0.2) is 220 Å². The first-order valence-corrected chi connectivity index (χ1v) is 23.8. The fraction of sp³-hybridized carbons (Fsp3) is 0.0244. The third kappa shape index (κ3) is 4.51. The van der Waals surface area contributed by atoms with Crippen LogP contribution in [0.1, 0.15) is 0 Å². The van der Waals surface area contributed by atoms with Gasteiger partial charge in [0.25, 0.3) is 0 Å². The molecule has 45 heavy (non-hydrogen) atoms. The molecule has 4 aromatic carbocycles. The van der Waals surface area contributed by atoms with Gasteiger partial charge >= 0.3 is 0 Å². The van der Waals surface area contributed by atoms with E-state index in [1.165, 1.54) is 20.7 Å². The number of hydrogen-bond acceptors (Lipinski definition) is 0. The van der Waals surface area contributed by atoms with Crippen molar-refractivity contribution < 1.29 is 0 Å². The van der Waals surface area contributed by atoms with Crippen molar-refractivity contribution in [3.05, 3.63) is 220 Å². The fourth-order valence-corrected chi connectivity index (χ4v) is 47.0. The Labute approximate surface area is 275 Å². The molecule has 0 unspecified atom stereocenters. The van der Waals surface area contributed by atoms with Crippen LogP contribution in [0.3, 0.4) is 0 Å². The maximum atomic E-state index is 4.73. The Morgan fingerprint density at radius 3 is 0.578 bits per heavy atom. The molecule has 0 heterocycles. The normalized spacial score (nSPS) is 12.3. The van der Waals surface area contributed by atoms with Crippen LogP contribution in [0.4, 0.5) is 0 Å². The van der Waals surface area contributed by atoms with Gasteiger partial charge < -0.3 is 0 Å². The van der Waals surface area contributed by atoms with Crippen molar-refractivity contribution >= 4 is 53.0 Å². The van der Waals surface area contributed by atoms with Gasteiger partial charge in [0, 0.05) is 0 Å². The average molecular weight is 649 g/mol. The highest BCUT2D eigenvalue weighted by Gasteiger charge is 2.78. The highest BCUT2D eigenvalue weighted by molar-refractivity contribution is 7.46. The van der Waals surface area contributed by atoms with E-state index in [0.29, 0.717) is 0 Å². The van der Waals surface area contributed by atoms with E-state index in [1.54, 1.807) is 0 Å². The van der Waals surface area contributed by atoms with Crippen molar-refractivity contribution in [2.75, 3.05) is 0 Å². The topological polar surface area (TPSA) is 0 Å². The Morgan fingerprint density at radius 2 is 0.444 bits per heavy atom. The summed E-state index contributed by atoms with van der Waals surface area (Å²) in [4.78, 5) is 0. The van der Waals surface area contributed by atoms with Gasteiger partial charge in [-0.2, -0.15) is 0 Å². The molecule has 0 aliphatic heterocycles. The van der Waals surface area contributed by atoms with Crippen molar-refractivity contribution in [2.45, 2.75) is 3.91 Å². The SMILES string of the molecule is C=C[Si](C=C)(c1ccccc1)C([Si](C=C)(C=C)c1ccccc1)([Si](C=C)(C=C)c1ccccc1)[Si](C=C)(C=C)c1ccccc1. The molecule has 0 aliphatic carbocycles. The van der Waals surface area contributed by atoms with Gasteiger partial charge in [-0.15, -0.1) is 52.6 Å². The van der Waals surface area contributed by atoms with Gasteiger partial charge in [-0.05, 0) is 3.91 Å². The van der Waals surface area contributed by atoms with Gasteiger partial charge in [0.1, 0.15) is 32.3 Å². The van der Waals surface area contributed by atoms with Crippen LogP contribution in [0.5, 0.6) is 0 Å². The maximum absolute atomic E-state index is 4.73. The summed E-state index contributed by atoms with van der Waals surface area (Å²) in [6, 6.07) is 43.4. The predicted molar refractivity (Wildman–Crippen MR) is 212 cm³/mol. The standard InChI is InChI=1S/C41H44Si4/c1-9-42(10-2,37-29-21-17-22-30-37)41(43(11-3,12-4)38-31-23-18-24-32-38,44(13-5,14-6)39-33-25-19-26-34-39)45(15-7,16-8)40-35-27-20-28-36-40/h9-36H,1-8H2. The average Bonchev–Trinajstić information content (AvgIpc) is 3.13. The van der Waals surface area contributed by atoms with Gasteiger partial charge in [-0.1, -0.05) is 188 Å². The highest BCUT2D eigenvalue weighted by Crippen LogP contribution is 2.61. The molecule has 0 nitrogen and oxygen atoms in total. The zero-order valence-electron chi connectivity index (χ0n) is 26.3. The van der Waals surface area contributed by atoms with E-state index in [2.05, 4.69) is 167 Å². The molecule has 0 spiro atoms. The molecular weight excluding hydrogens is 605 g/mol. The first kappa shape index (κ1) is 33.6. The molecule has 4 heteroatoms. The number of hydrogen-bond donors (Lipinski definition) is 0. The van der Waals surface area contributed by atoms with Crippen molar-refractivity contribution in [1.29, 1.82) is 0 Å². The molecular formula is C41H44Si4. The van der Waals surface area contributed by atoms with Gasteiger partial charge in [0.05, 0.1) is 0 Å². The van der Waals surface area contributed by atoms with Crippen LogP contribution in [0.2, 0.25) is 3.91 Å². The molecule has 0 N–H and O–H groups in total. The molecule has 0 aliphatic rings. The number of benzene rings is 4. The molecule has 0 saturated carbocycles. The minimum atomic E-state index is -3.19. The van der Waals surface area contributed by atoms with Crippen LogP contribution in [0, 0.1) is 0 Å². The second-order valence-electron chi connectivity index (χ2n) is 11.3.